The molecule has 0 saturated carbocycles. The molecule has 1 amide bonds. The van der Waals surface area contributed by atoms with Gasteiger partial charge in [0.25, 0.3) is 5.91 Å². The molecular formula is C19H32N4O3S. The van der Waals surface area contributed by atoms with Crippen LogP contribution in [0.3, 0.4) is 0 Å². The van der Waals surface area contributed by atoms with Gasteiger partial charge in [-0.25, -0.2) is 12.7 Å². The van der Waals surface area contributed by atoms with Gasteiger partial charge in [-0.15, -0.1) is 0 Å². The summed E-state index contributed by atoms with van der Waals surface area (Å²) in [6.07, 6.45) is 2.16. The van der Waals surface area contributed by atoms with Gasteiger partial charge in [-0.05, 0) is 51.9 Å². The number of benzene rings is 1. The number of carbonyl (C=O) groups is 1. The van der Waals surface area contributed by atoms with Crippen molar-refractivity contribution in [3.63, 3.8) is 0 Å². The third-order valence-electron chi connectivity index (χ3n) is 5.07. The van der Waals surface area contributed by atoms with Crippen molar-refractivity contribution in [2.45, 2.75) is 37.6 Å². The summed E-state index contributed by atoms with van der Waals surface area (Å²) < 4.78 is 26.1. The number of hydrogen-bond donors (Lipinski definition) is 1. The second-order valence-electron chi connectivity index (χ2n) is 7.49. The third-order valence-corrected chi connectivity index (χ3v) is 6.88. The lowest BCUT2D eigenvalue weighted by molar-refractivity contribution is 0.0948. The van der Waals surface area contributed by atoms with Crippen molar-refractivity contribution >= 4 is 21.6 Å². The fraction of sp³-hybridized carbons (Fsp3) is 0.632. The zero-order valence-electron chi connectivity index (χ0n) is 17.0. The third kappa shape index (κ3) is 5.21. The molecule has 0 radical (unpaired) electrons. The number of nitrogens with zero attached hydrogens (tertiary/aromatic N) is 3. The summed E-state index contributed by atoms with van der Waals surface area (Å²) in [5, 5.41) is 2.94. The predicted octanol–water partition coefficient (Wildman–Crippen LogP) is 1.61. The molecule has 7 nitrogen and oxygen atoms in total. The predicted molar refractivity (Wildman–Crippen MR) is 109 cm³/mol. The molecular weight excluding hydrogens is 364 g/mol. The Balaban J connectivity index is 2.28. The van der Waals surface area contributed by atoms with Crippen LogP contribution in [0.15, 0.2) is 23.1 Å². The van der Waals surface area contributed by atoms with Gasteiger partial charge in [0, 0.05) is 52.0 Å². The summed E-state index contributed by atoms with van der Waals surface area (Å²) in [7, 11) is 1.40. The number of sulfonamides is 1. The Morgan fingerprint density at radius 1 is 1.19 bits per heavy atom. The standard InChI is InChI=1S/C19H32N4O3S/c1-15(2)22(5)13-10-20-19(24)17-14-16(27(25,26)21(3)4)8-9-18(17)23-11-6-7-12-23/h8-9,14-15H,6-7,10-13H2,1-5H3,(H,20,24). The van der Waals surface area contributed by atoms with Crippen LogP contribution in [0.4, 0.5) is 5.69 Å². The van der Waals surface area contributed by atoms with Crippen LogP contribution in [-0.4, -0.2) is 76.9 Å². The quantitative estimate of drug-likeness (QED) is 0.723. The average molecular weight is 397 g/mol. The average Bonchev–Trinajstić information content (AvgIpc) is 3.15. The van der Waals surface area contributed by atoms with E-state index in [-0.39, 0.29) is 10.8 Å². The van der Waals surface area contributed by atoms with Gasteiger partial charge in [0.15, 0.2) is 0 Å². The van der Waals surface area contributed by atoms with E-state index >= 15 is 0 Å². The molecule has 1 aliphatic heterocycles. The first-order chi connectivity index (χ1) is 12.6. The fourth-order valence-corrected chi connectivity index (χ4v) is 3.93. The van der Waals surface area contributed by atoms with Crippen LogP contribution in [0, 0.1) is 0 Å². The maximum atomic E-state index is 12.9. The largest absolute Gasteiger partial charge is 0.371 e. The van der Waals surface area contributed by atoms with Gasteiger partial charge in [-0.1, -0.05) is 0 Å². The molecule has 1 saturated heterocycles. The molecule has 1 fully saturated rings. The van der Waals surface area contributed by atoms with Crippen LogP contribution >= 0.6 is 0 Å². The van der Waals surface area contributed by atoms with Gasteiger partial charge in [-0.2, -0.15) is 0 Å². The first kappa shape index (κ1) is 21.7. The first-order valence-corrected chi connectivity index (χ1v) is 10.9. The SMILES string of the molecule is CC(C)N(C)CCNC(=O)c1cc(S(=O)(=O)N(C)C)ccc1N1CCCC1. The topological polar surface area (TPSA) is 73.0 Å². The molecule has 1 aromatic rings. The molecule has 152 valence electrons. The molecule has 0 spiro atoms. The molecule has 2 rings (SSSR count). The van der Waals surface area contributed by atoms with E-state index < -0.39 is 10.0 Å². The van der Waals surface area contributed by atoms with Crippen molar-refractivity contribution in [2.75, 3.05) is 52.2 Å². The van der Waals surface area contributed by atoms with Crippen LogP contribution in [0.25, 0.3) is 0 Å². The van der Waals surface area contributed by atoms with E-state index in [4.69, 9.17) is 0 Å². The normalized spacial score (nSPS) is 15.2. The van der Waals surface area contributed by atoms with Crippen LogP contribution in [0.5, 0.6) is 0 Å². The zero-order valence-corrected chi connectivity index (χ0v) is 17.8. The molecule has 0 unspecified atom stereocenters. The molecule has 0 atom stereocenters. The lowest BCUT2D eigenvalue weighted by atomic mass is 10.1. The highest BCUT2D eigenvalue weighted by Gasteiger charge is 2.24. The second kappa shape index (κ2) is 9.03. The molecule has 1 aromatic carbocycles. The van der Waals surface area contributed by atoms with E-state index in [2.05, 4.69) is 29.0 Å². The molecule has 0 aromatic heterocycles. The molecule has 8 heteroatoms. The van der Waals surface area contributed by atoms with E-state index in [9.17, 15) is 13.2 Å². The number of carbonyl (C=O) groups excluding carboxylic acids is 1. The van der Waals surface area contributed by atoms with Crippen LogP contribution in [-0.2, 0) is 10.0 Å². The minimum absolute atomic E-state index is 0.139. The Labute approximate surface area is 163 Å². The first-order valence-electron chi connectivity index (χ1n) is 9.44. The maximum Gasteiger partial charge on any atom is 0.253 e. The van der Waals surface area contributed by atoms with Gasteiger partial charge in [0.1, 0.15) is 0 Å². The summed E-state index contributed by atoms with van der Waals surface area (Å²) >= 11 is 0. The number of rotatable bonds is 8. The van der Waals surface area contributed by atoms with Crippen LogP contribution in [0.2, 0.25) is 0 Å². The molecule has 0 bridgehead atoms. The van der Waals surface area contributed by atoms with Crippen LogP contribution < -0.4 is 10.2 Å². The number of hydrogen-bond acceptors (Lipinski definition) is 5. The molecule has 0 aliphatic carbocycles. The summed E-state index contributed by atoms with van der Waals surface area (Å²) in [4.78, 5) is 17.3. The number of nitrogens with one attached hydrogen (secondary N) is 1. The maximum absolute atomic E-state index is 12.9. The Morgan fingerprint density at radius 3 is 2.37 bits per heavy atom. The number of likely N-dealkylation sites (N-methyl/N-ethyl adjacent to an activating group) is 1. The Kier molecular flexibility index (Phi) is 7.25. The van der Waals surface area contributed by atoms with E-state index in [1.165, 1.54) is 20.2 Å². The fourth-order valence-electron chi connectivity index (χ4n) is 3.00. The van der Waals surface area contributed by atoms with E-state index in [1.807, 2.05) is 7.05 Å². The van der Waals surface area contributed by atoms with E-state index in [0.29, 0.717) is 18.2 Å². The summed E-state index contributed by atoms with van der Waals surface area (Å²) in [5.41, 5.74) is 1.23. The lowest BCUT2D eigenvalue weighted by Gasteiger charge is -2.23. The number of anilines is 1. The minimum atomic E-state index is -3.59. The molecule has 1 aliphatic rings. The van der Waals surface area contributed by atoms with Gasteiger partial charge in [-0.3, -0.25) is 4.79 Å². The second-order valence-corrected chi connectivity index (χ2v) is 9.64. The van der Waals surface area contributed by atoms with Crippen molar-refractivity contribution < 1.29 is 13.2 Å². The monoisotopic (exact) mass is 396 g/mol. The van der Waals surface area contributed by atoms with Crippen molar-refractivity contribution in [1.29, 1.82) is 0 Å². The van der Waals surface area contributed by atoms with Crippen LogP contribution in [0.1, 0.15) is 37.0 Å². The highest BCUT2D eigenvalue weighted by molar-refractivity contribution is 7.89. The summed E-state index contributed by atoms with van der Waals surface area (Å²) in [6, 6.07) is 5.25. The Morgan fingerprint density at radius 2 is 1.81 bits per heavy atom. The smallest absolute Gasteiger partial charge is 0.253 e. The van der Waals surface area contributed by atoms with E-state index in [1.54, 1.807) is 12.1 Å². The summed E-state index contributed by atoms with van der Waals surface area (Å²) in [5.74, 6) is -0.232. The Hall–Kier alpha value is -1.64. The summed E-state index contributed by atoms with van der Waals surface area (Å²) in [6.45, 7) is 7.22. The molecule has 1 heterocycles. The minimum Gasteiger partial charge on any atom is -0.371 e. The van der Waals surface area contributed by atoms with Gasteiger partial charge in [0.2, 0.25) is 10.0 Å². The van der Waals surface area contributed by atoms with Gasteiger partial charge in [0.05, 0.1) is 10.5 Å². The zero-order chi connectivity index (χ0) is 20.2. The number of amides is 1. The molecule has 1 N–H and O–H groups in total. The highest BCUT2D eigenvalue weighted by atomic mass is 32.2. The molecule has 27 heavy (non-hydrogen) atoms. The van der Waals surface area contributed by atoms with Crippen molar-refractivity contribution in [1.82, 2.24) is 14.5 Å². The van der Waals surface area contributed by atoms with Crippen molar-refractivity contribution in [3.8, 4) is 0 Å². The lowest BCUT2D eigenvalue weighted by Crippen LogP contribution is -2.36. The van der Waals surface area contributed by atoms with E-state index in [0.717, 1.165) is 42.5 Å². The van der Waals surface area contributed by atoms with Gasteiger partial charge < -0.3 is 15.1 Å². The van der Waals surface area contributed by atoms with Crippen molar-refractivity contribution in [2.24, 2.45) is 0 Å². The Bertz CT molecular complexity index is 756. The van der Waals surface area contributed by atoms with Crippen molar-refractivity contribution in [3.05, 3.63) is 23.8 Å². The highest BCUT2D eigenvalue weighted by Crippen LogP contribution is 2.28. The van der Waals surface area contributed by atoms with Gasteiger partial charge >= 0.3 is 0 Å².